The van der Waals surface area contributed by atoms with Crippen LogP contribution in [0, 0.1) is 0 Å². The molecule has 23 heavy (non-hydrogen) atoms. The van der Waals surface area contributed by atoms with Crippen LogP contribution in [0.5, 0.6) is 0 Å². The van der Waals surface area contributed by atoms with Gasteiger partial charge in [0.25, 0.3) is 0 Å². The molecule has 0 bridgehead atoms. The first-order chi connectivity index (χ1) is 10.6. The summed E-state index contributed by atoms with van der Waals surface area (Å²) in [6.45, 7) is 0.475. The Morgan fingerprint density at radius 1 is 0.957 bits per heavy atom. The Bertz CT molecular complexity index is 908. The van der Waals surface area contributed by atoms with Crippen LogP contribution in [0.15, 0.2) is 52.5 Å². The molecular weight excluding hydrogens is 336 g/mol. The summed E-state index contributed by atoms with van der Waals surface area (Å²) in [5.41, 5.74) is 1.42. The van der Waals surface area contributed by atoms with Crippen LogP contribution in [0.1, 0.15) is 5.56 Å². The maximum atomic E-state index is 12.1. The zero-order chi connectivity index (χ0) is 17.3. The molecule has 6 nitrogen and oxygen atoms in total. The topological polar surface area (TPSA) is 84.4 Å². The molecule has 8 heteroatoms. The van der Waals surface area contributed by atoms with E-state index in [9.17, 15) is 16.8 Å². The van der Waals surface area contributed by atoms with E-state index in [-0.39, 0.29) is 9.79 Å². The van der Waals surface area contributed by atoms with Crippen molar-refractivity contribution < 1.29 is 16.8 Å². The lowest BCUT2D eigenvalue weighted by Gasteiger charge is -2.22. The Morgan fingerprint density at radius 2 is 1.57 bits per heavy atom. The second-order valence-electron chi connectivity index (χ2n) is 5.39. The first-order valence-electron chi connectivity index (χ1n) is 6.73. The summed E-state index contributed by atoms with van der Waals surface area (Å²) in [6.07, 6.45) is 5.44. The first-order valence-corrected chi connectivity index (χ1v) is 10.5. The van der Waals surface area contributed by atoms with E-state index < -0.39 is 19.7 Å². The van der Waals surface area contributed by atoms with Crippen molar-refractivity contribution in [2.24, 2.45) is 0 Å². The third kappa shape index (κ3) is 4.29. The van der Waals surface area contributed by atoms with E-state index in [2.05, 4.69) is 4.98 Å². The fourth-order valence-electron chi connectivity index (χ4n) is 2.18. The normalized spacial score (nSPS) is 12.1. The van der Waals surface area contributed by atoms with Gasteiger partial charge in [-0.15, -0.1) is 0 Å². The van der Waals surface area contributed by atoms with Gasteiger partial charge < -0.3 is 4.90 Å². The monoisotopic (exact) mass is 354 g/mol. The summed E-state index contributed by atoms with van der Waals surface area (Å²) < 4.78 is 47.5. The van der Waals surface area contributed by atoms with Crippen molar-refractivity contribution in [1.82, 2.24) is 4.98 Å². The molecule has 1 aromatic heterocycles. The van der Waals surface area contributed by atoms with E-state index in [0.717, 1.165) is 18.1 Å². The molecule has 2 aromatic rings. The van der Waals surface area contributed by atoms with Crippen molar-refractivity contribution in [1.29, 1.82) is 0 Å². The van der Waals surface area contributed by atoms with Gasteiger partial charge in [0.1, 0.15) is 0 Å². The smallest absolute Gasteiger partial charge is 0.177 e. The van der Waals surface area contributed by atoms with Gasteiger partial charge in [-0.05, 0) is 35.9 Å². The molecule has 0 radical (unpaired) electrons. The fraction of sp³-hybridized carbons (Fsp3) is 0.267. The molecule has 0 saturated heterocycles. The van der Waals surface area contributed by atoms with E-state index in [4.69, 9.17) is 0 Å². The highest BCUT2D eigenvalue weighted by molar-refractivity contribution is 7.91. The SMILES string of the molecule is CN(Cc1ccncc1)c1ccc(S(C)(=O)=O)cc1S(C)(=O)=O. The fourth-order valence-corrected chi connectivity index (χ4v) is 3.85. The predicted octanol–water partition coefficient (Wildman–Crippen LogP) is 1.53. The Morgan fingerprint density at radius 3 is 2.09 bits per heavy atom. The lowest BCUT2D eigenvalue weighted by Crippen LogP contribution is -2.19. The summed E-state index contributed by atoms with van der Waals surface area (Å²) in [6, 6.07) is 7.82. The zero-order valence-corrected chi connectivity index (χ0v) is 14.7. The zero-order valence-electron chi connectivity index (χ0n) is 13.1. The van der Waals surface area contributed by atoms with Gasteiger partial charge in [0.2, 0.25) is 0 Å². The molecule has 0 atom stereocenters. The van der Waals surface area contributed by atoms with Crippen molar-refractivity contribution in [2.75, 3.05) is 24.5 Å². The summed E-state index contributed by atoms with van der Waals surface area (Å²) in [5, 5.41) is 0. The molecule has 1 aromatic carbocycles. The Kier molecular flexibility index (Phi) is 4.76. The Hall–Kier alpha value is -1.93. The third-order valence-corrected chi connectivity index (χ3v) is 5.58. The van der Waals surface area contributed by atoms with Crippen molar-refractivity contribution in [3.05, 3.63) is 48.3 Å². The summed E-state index contributed by atoms with van der Waals surface area (Å²) in [5.74, 6) is 0. The molecule has 0 unspecified atom stereocenters. The summed E-state index contributed by atoms with van der Waals surface area (Å²) in [4.78, 5) is 5.68. The number of rotatable bonds is 5. The lowest BCUT2D eigenvalue weighted by molar-refractivity contribution is 0.600. The number of aromatic nitrogens is 1. The van der Waals surface area contributed by atoms with Crippen LogP contribution in [0.25, 0.3) is 0 Å². The highest BCUT2D eigenvalue weighted by Gasteiger charge is 2.20. The number of pyridine rings is 1. The van der Waals surface area contributed by atoms with Gasteiger partial charge in [0.15, 0.2) is 19.7 Å². The standard InChI is InChI=1S/C15H18N2O4S2/c1-17(11-12-6-8-16-9-7-12)14-5-4-13(22(2,18)19)10-15(14)23(3,20)21/h4-10H,11H2,1-3H3. The molecule has 0 spiro atoms. The highest BCUT2D eigenvalue weighted by atomic mass is 32.2. The van der Waals surface area contributed by atoms with Gasteiger partial charge in [0.05, 0.1) is 15.5 Å². The molecule has 0 fully saturated rings. The maximum Gasteiger partial charge on any atom is 0.177 e. The van der Waals surface area contributed by atoms with Crippen molar-refractivity contribution in [3.63, 3.8) is 0 Å². The van der Waals surface area contributed by atoms with Crippen LogP contribution in [-0.4, -0.2) is 41.4 Å². The van der Waals surface area contributed by atoms with Crippen LogP contribution >= 0.6 is 0 Å². The number of hydrogen-bond acceptors (Lipinski definition) is 6. The highest BCUT2D eigenvalue weighted by Crippen LogP contribution is 2.28. The second-order valence-corrected chi connectivity index (χ2v) is 9.39. The summed E-state index contributed by atoms with van der Waals surface area (Å²) >= 11 is 0. The first kappa shape index (κ1) is 17.4. The number of sulfone groups is 2. The quantitative estimate of drug-likeness (QED) is 0.809. The van der Waals surface area contributed by atoms with E-state index in [1.807, 2.05) is 12.1 Å². The van der Waals surface area contributed by atoms with Gasteiger partial charge in [-0.2, -0.15) is 0 Å². The number of benzene rings is 1. The molecular formula is C15H18N2O4S2. The molecule has 0 amide bonds. The minimum atomic E-state index is -3.57. The van der Waals surface area contributed by atoms with Gasteiger partial charge in [-0.3, -0.25) is 4.98 Å². The Balaban J connectivity index is 2.49. The third-order valence-electron chi connectivity index (χ3n) is 3.34. The van der Waals surface area contributed by atoms with Crippen LogP contribution < -0.4 is 4.90 Å². The number of hydrogen-bond donors (Lipinski definition) is 0. The maximum absolute atomic E-state index is 12.1. The Labute approximate surface area is 136 Å². The average molecular weight is 354 g/mol. The van der Waals surface area contributed by atoms with Crippen LogP contribution in [0.4, 0.5) is 5.69 Å². The van der Waals surface area contributed by atoms with E-state index in [1.165, 1.54) is 18.2 Å². The van der Waals surface area contributed by atoms with Gasteiger partial charge in [0, 0.05) is 38.5 Å². The minimum absolute atomic E-state index is 0.00280. The van der Waals surface area contributed by atoms with E-state index in [0.29, 0.717) is 12.2 Å². The molecule has 0 aliphatic carbocycles. The largest absolute Gasteiger partial charge is 0.369 e. The van der Waals surface area contributed by atoms with E-state index in [1.54, 1.807) is 24.3 Å². The molecule has 2 rings (SSSR count). The number of anilines is 1. The lowest BCUT2D eigenvalue weighted by atomic mass is 10.2. The molecule has 0 saturated carbocycles. The van der Waals surface area contributed by atoms with Crippen LogP contribution in [0.2, 0.25) is 0 Å². The number of nitrogens with zero attached hydrogens (tertiary/aromatic N) is 2. The molecule has 0 aliphatic heterocycles. The minimum Gasteiger partial charge on any atom is -0.369 e. The van der Waals surface area contributed by atoms with E-state index >= 15 is 0 Å². The average Bonchev–Trinajstić information content (AvgIpc) is 2.46. The van der Waals surface area contributed by atoms with Crippen molar-refractivity contribution in [2.45, 2.75) is 16.3 Å². The molecule has 0 N–H and O–H groups in total. The summed E-state index contributed by atoms with van der Waals surface area (Å²) in [7, 11) is -5.30. The van der Waals surface area contributed by atoms with Gasteiger partial charge in [-0.25, -0.2) is 16.8 Å². The van der Waals surface area contributed by atoms with Gasteiger partial charge in [-0.1, -0.05) is 0 Å². The molecule has 124 valence electrons. The van der Waals surface area contributed by atoms with Crippen molar-refractivity contribution >= 4 is 25.4 Å². The predicted molar refractivity (Wildman–Crippen MR) is 89.0 cm³/mol. The molecule has 1 heterocycles. The molecule has 0 aliphatic rings. The van der Waals surface area contributed by atoms with Crippen LogP contribution in [-0.2, 0) is 26.2 Å². The van der Waals surface area contributed by atoms with Gasteiger partial charge >= 0.3 is 0 Å². The second kappa shape index (κ2) is 6.29. The van der Waals surface area contributed by atoms with Crippen molar-refractivity contribution in [3.8, 4) is 0 Å². The van der Waals surface area contributed by atoms with Crippen LogP contribution in [0.3, 0.4) is 0 Å².